The van der Waals surface area contributed by atoms with E-state index in [-0.39, 0.29) is 23.4 Å². The van der Waals surface area contributed by atoms with E-state index in [9.17, 15) is 14.4 Å². The number of carboxylic acid groups (broad SMARTS) is 1. The Morgan fingerprint density at radius 1 is 1.19 bits per heavy atom. The fraction of sp³-hybridized carbons (Fsp3) is 0.0714. The van der Waals surface area contributed by atoms with Gasteiger partial charge in [-0.15, -0.1) is 0 Å². The molecule has 6 nitrogen and oxygen atoms in total. The van der Waals surface area contributed by atoms with Crippen LogP contribution in [0.1, 0.15) is 10.4 Å². The zero-order valence-corrected chi connectivity index (χ0v) is 12.3. The Balaban J connectivity index is 2.18. The Bertz CT molecular complexity index is 755. The number of nitrogens with zero attached hydrogens (tertiary/aromatic N) is 1. The van der Waals surface area contributed by atoms with Gasteiger partial charge < -0.3 is 15.0 Å². The van der Waals surface area contributed by atoms with Crippen LogP contribution in [0.3, 0.4) is 0 Å². The Morgan fingerprint density at radius 2 is 1.90 bits per heavy atom. The molecule has 0 aliphatic heterocycles. The number of amides is 1. The fourth-order valence-corrected chi connectivity index (χ4v) is 2.13. The molecular weight excluding hydrogens is 340 g/mol. The van der Waals surface area contributed by atoms with E-state index in [2.05, 4.69) is 21.2 Å². The van der Waals surface area contributed by atoms with Gasteiger partial charge in [0.25, 0.3) is 5.56 Å². The third kappa shape index (κ3) is 3.79. The van der Waals surface area contributed by atoms with Crippen LogP contribution in [0, 0.1) is 0 Å². The first-order valence-electron chi connectivity index (χ1n) is 5.95. The molecule has 0 atom stereocenters. The van der Waals surface area contributed by atoms with Gasteiger partial charge in [0.1, 0.15) is 6.54 Å². The average molecular weight is 351 g/mol. The van der Waals surface area contributed by atoms with Crippen LogP contribution in [0.2, 0.25) is 0 Å². The highest BCUT2D eigenvalue weighted by atomic mass is 79.9. The molecule has 2 N–H and O–H groups in total. The summed E-state index contributed by atoms with van der Waals surface area (Å²) in [6, 6.07) is 8.98. The van der Waals surface area contributed by atoms with E-state index in [4.69, 9.17) is 5.11 Å². The molecule has 0 spiro atoms. The summed E-state index contributed by atoms with van der Waals surface area (Å²) >= 11 is 3.21. The van der Waals surface area contributed by atoms with Gasteiger partial charge in [-0.1, -0.05) is 12.1 Å². The topological polar surface area (TPSA) is 88.4 Å². The molecule has 1 aromatic heterocycles. The van der Waals surface area contributed by atoms with Gasteiger partial charge in [-0.05, 0) is 34.1 Å². The lowest BCUT2D eigenvalue weighted by Gasteiger charge is -2.09. The molecular formula is C14H11BrN2O4. The SMILES string of the molecule is O=C(Cn1cc(Br)ccc1=O)Nc1ccccc1C(=O)O. The molecule has 0 aliphatic rings. The number of hydrogen-bond acceptors (Lipinski definition) is 3. The maximum absolute atomic E-state index is 11.9. The van der Waals surface area contributed by atoms with Crippen molar-refractivity contribution in [3.05, 3.63) is 63.0 Å². The molecule has 0 aliphatic carbocycles. The van der Waals surface area contributed by atoms with Gasteiger partial charge in [-0.3, -0.25) is 9.59 Å². The lowest BCUT2D eigenvalue weighted by Crippen LogP contribution is -2.27. The Kier molecular flexibility index (Phi) is 4.54. The van der Waals surface area contributed by atoms with Crippen LogP contribution < -0.4 is 10.9 Å². The molecule has 0 radical (unpaired) electrons. The first-order valence-corrected chi connectivity index (χ1v) is 6.75. The Labute approximate surface area is 128 Å². The first-order chi connectivity index (χ1) is 9.97. The number of anilines is 1. The number of carboxylic acids is 1. The molecule has 1 amide bonds. The second kappa shape index (κ2) is 6.36. The molecule has 2 rings (SSSR count). The number of benzene rings is 1. The summed E-state index contributed by atoms with van der Waals surface area (Å²) in [5, 5.41) is 11.5. The minimum absolute atomic E-state index is 0.00700. The first kappa shape index (κ1) is 15.0. The minimum atomic E-state index is -1.13. The fourth-order valence-electron chi connectivity index (χ4n) is 1.75. The van der Waals surface area contributed by atoms with Crippen LogP contribution in [-0.2, 0) is 11.3 Å². The van der Waals surface area contributed by atoms with Crippen molar-refractivity contribution in [2.45, 2.75) is 6.54 Å². The number of para-hydroxylation sites is 1. The maximum atomic E-state index is 11.9. The summed E-state index contributed by atoms with van der Waals surface area (Å²) in [4.78, 5) is 34.6. The second-order valence-corrected chi connectivity index (χ2v) is 5.13. The molecule has 7 heteroatoms. The molecule has 0 saturated carbocycles. The predicted octanol–water partition coefficient (Wildman–Crippen LogP) is 1.95. The number of rotatable bonds is 4. The predicted molar refractivity (Wildman–Crippen MR) is 80.4 cm³/mol. The summed E-state index contributed by atoms with van der Waals surface area (Å²) in [5.41, 5.74) is -0.134. The third-order valence-corrected chi connectivity index (χ3v) is 3.16. The average Bonchev–Trinajstić information content (AvgIpc) is 2.43. The van der Waals surface area contributed by atoms with Gasteiger partial charge in [0.15, 0.2) is 0 Å². The Hall–Kier alpha value is -2.41. The normalized spacial score (nSPS) is 10.1. The summed E-state index contributed by atoms with van der Waals surface area (Å²) < 4.78 is 1.89. The number of aromatic nitrogens is 1. The van der Waals surface area contributed by atoms with Crippen LogP contribution in [0.5, 0.6) is 0 Å². The molecule has 0 bridgehead atoms. The van der Waals surface area contributed by atoms with E-state index in [1.165, 1.54) is 29.0 Å². The minimum Gasteiger partial charge on any atom is -0.478 e. The maximum Gasteiger partial charge on any atom is 0.337 e. The zero-order chi connectivity index (χ0) is 15.4. The molecule has 0 unspecified atom stereocenters. The Morgan fingerprint density at radius 3 is 2.62 bits per heavy atom. The number of halogens is 1. The van der Waals surface area contributed by atoms with E-state index >= 15 is 0 Å². The second-order valence-electron chi connectivity index (χ2n) is 4.21. The van der Waals surface area contributed by atoms with Gasteiger partial charge in [0.05, 0.1) is 11.3 Å². The standard InChI is InChI=1S/C14H11BrN2O4/c15-9-5-6-13(19)17(7-9)8-12(18)16-11-4-2-1-3-10(11)14(20)21/h1-7H,8H2,(H,16,18)(H,20,21). The highest BCUT2D eigenvalue weighted by Gasteiger charge is 2.12. The van der Waals surface area contributed by atoms with E-state index in [1.807, 2.05) is 0 Å². The number of carbonyl (C=O) groups is 2. The van der Waals surface area contributed by atoms with Gasteiger partial charge >= 0.3 is 5.97 Å². The quantitative estimate of drug-likeness (QED) is 0.881. The van der Waals surface area contributed by atoms with Crippen LogP contribution >= 0.6 is 15.9 Å². The summed E-state index contributed by atoms with van der Waals surface area (Å²) in [6.45, 7) is -0.202. The molecule has 1 aromatic carbocycles. The van der Waals surface area contributed by atoms with Crippen LogP contribution in [0.15, 0.2) is 51.9 Å². The number of hydrogen-bond donors (Lipinski definition) is 2. The van der Waals surface area contributed by atoms with Crippen molar-refractivity contribution in [2.75, 3.05) is 5.32 Å². The van der Waals surface area contributed by atoms with Crippen molar-refractivity contribution in [2.24, 2.45) is 0 Å². The van der Waals surface area contributed by atoms with Crippen molar-refractivity contribution in [3.63, 3.8) is 0 Å². The van der Waals surface area contributed by atoms with Crippen molar-refractivity contribution < 1.29 is 14.7 Å². The zero-order valence-electron chi connectivity index (χ0n) is 10.7. The van der Waals surface area contributed by atoms with E-state index < -0.39 is 11.9 Å². The smallest absolute Gasteiger partial charge is 0.337 e. The van der Waals surface area contributed by atoms with Gasteiger partial charge in [0.2, 0.25) is 5.91 Å². The molecule has 0 fully saturated rings. The van der Waals surface area contributed by atoms with Crippen molar-refractivity contribution in [3.8, 4) is 0 Å². The monoisotopic (exact) mass is 350 g/mol. The summed E-state index contributed by atoms with van der Waals surface area (Å²) in [6.07, 6.45) is 1.49. The number of nitrogens with one attached hydrogen (secondary N) is 1. The summed E-state index contributed by atoms with van der Waals surface area (Å²) in [5.74, 6) is -1.62. The molecule has 21 heavy (non-hydrogen) atoms. The van der Waals surface area contributed by atoms with Gasteiger partial charge in [-0.2, -0.15) is 0 Å². The van der Waals surface area contributed by atoms with Crippen LogP contribution in [-0.4, -0.2) is 21.6 Å². The lowest BCUT2D eigenvalue weighted by atomic mass is 10.2. The lowest BCUT2D eigenvalue weighted by molar-refractivity contribution is -0.116. The number of pyridine rings is 1. The highest BCUT2D eigenvalue weighted by Crippen LogP contribution is 2.14. The molecule has 0 saturated heterocycles. The van der Waals surface area contributed by atoms with Gasteiger partial charge in [-0.25, -0.2) is 4.79 Å². The van der Waals surface area contributed by atoms with Crippen LogP contribution in [0.4, 0.5) is 5.69 Å². The third-order valence-electron chi connectivity index (χ3n) is 2.69. The highest BCUT2D eigenvalue weighted by molar-refractivity contribution is 9.10. The van der Waals surface area contributed by atoms with Crippen molar-refractivity contribution in [1.29, 1.82) is 0 Å². The summed E-state index contributed by atoms with van der Waals surface area (Å²) in [7, 11) is 0. The van der Waals surface area contributed by atoms with Gasteiger partial charge in [0, 0.05) is 16.7 Å². The molecule has 1 heterocycles. The van der Waals surface area contributed by atoms with Crippen LogP contribution in [0.25, 0.3) is 0 Å². The van der Waals surface area contributed by atoms with Crippen molar-refractivity contribution >= 4 is 33.5 Å². The number of carbonyl (C=O) groups excluding carboxylic acids is 1. The largest absolute Gasteiger partial charge is 0.478 e. The molecule has 108 valence electrons. The molecule has 2 aromatic rings. The van der Waals surface area contributed by atoms with E-state index in [0.717, 1.165) is 0 Å². The van der Waals surface area contributed by atoms with Crippen molar-refractivity contribution in [1.82, 2.24) is 4.57 Å². The number of aromatic carboxylic acids is 1. The van der Waals surface area contributed by atoms with E-state index in [1.54, 1.807) is 18.2 Å². The van der Waals surface area contributed by atoms with E-state index in [0.29, 0.717) is 4.47 Å².